The number of fused-ring (bicyclic) bond motifs is 6. The predicted molar refractivity (Wildman–Crippen MR) is 228 cm³/mol. The number of benzene rings is 2. The topological polar surface area (TPSA) is 203 Å². The van der Waals surface area contributed by atoms with Crippen molar-refractivity contribution < 1.29 is 35.5 Å². The fraction of sp³-hybridized carbons (Fsp3) is 0.297. The largest absolute Gasteiger partial charge is 0.351 e. The molecule has 2 atom stereocenters. The van der Waals surface area contributed by atoms with Crippen molar-refractivity contribution >= 4 is 102 Å². The number of nitrogens with one attached hydrogen (secondary N) is 2. The molecule has 14 nitrogen and oxygen atoms in total. The van der Waals surface area contributed by atoms with Crippen LogP contribution in [0.15, 0.2) is 57.0 Å². The van der Waals surface area contributed by atoms with E-state index in [0.717, 1.165) is 23.1 Å². The lowest BCUT2D eigenvalue weighted by atomic mass is 9.99. The zero-order valence-electron chi connectivity index (χ0n) is 30.4. The van der Waals surface area contributed by atoms with Crippen LogP contribution in [0, 0.1) is 5.92 Å². The van der Waals surface area contributed by atoms with Gasteiger partial charge in [-0.2, -0.15) is 27.0 Å². The summed E-state index contributed by atoms with van der Waals surface area (Å²) in [5.41, 5.74) is 4.15. The average molecular weight is 959 g/mol. The minimum absolute atomic E-state index is 0.119. The van der Waals surface area contributed by atoms with Crippen molar-refractivity contribution in [2.75, 3.05) is 13.1 Å². The molecule has 4 heterocycles. The molecule has 5 aromatic rings. The molecule has 0 saturated heterocycles. The van der Waals surface area contributed by atoms with Gasteiger partial charge in [-0.1, -0.05) is 52.5 Å². The molecule has 8 rings (SSSR count). The van der Waals surface area contributed by atoms with Crippen molar-refractivity contribution in [3.05, 3.63) is 107 Å². The highest BCUT2D eigenvalue weighted by molar-refractivity contribution is 8.17. The second kappa shape index (κ2) is 16.4. The highest BCUT2D eigenvalue weighted by Crippen LogP contribution is 2.54. The smallest absolute Gasteiger partial charge is 0.304 e. The fourth-order valence-electron chi connectivity index (χ4n) is 7.65. The third kappa shape index (κ3) is 8.33. The van der Waals surface area contributed by atoms with E-state index in [-0.39, 0.29) is 48.9 Å². The molecule has 1 aliphatic heterocycles. The standard InChI is InChI=1S/C37H32Cl4N6O8S4/c38-20-8-10-26(24(40)16-20)46-32-22(6-1-4-18-14-28(56-34(18)32)58(50,51)52)30(44-46)36(48)42-12-3-13-43-37(49)31-23-7-2-5-19-15-29(59(53,54)55)57-35(19)33(23)47(45-31)27-11-9-21(39)17-25(27)41/h8-11,14-18,34H,1-7,12-13H2,(H,42,48)(H,43,49)(H,50,51,52)(H,53,54,55). The lowest BCUT2D eigenvalue weighted by Crippen LogP contribution is -2.31. The number of aromatic nitrogens is 4. The Bertz CT molecular complexity index is 2820. The Kier molecular flexibility index (Phi) is 11.8. The van der Waals surface area contributed by atoms with E-state index in [1.807, 2.05) is 0 Å². The minimum Gasteiger partial charge on any atom is -0.351 e. The Hall–Kier alpha value is -3.43. The number of hydrogen-bond acceptors (Lipinski definition) is 10. The summed E-state index contributed by atoms with van der Waals surface area (Å²) in [6.07, 6.45) is 5.16. The number of rotatable bonds is 10. The number of amides is 2. The molecule has 2 aromatic carbocycles. The number of aryl methyl sites for hydroxylation is 1. The summed E-state index contributed by atoms with van der Waals surface area (Å²) in [7, 11) is -8.95. The van der Waals surface area contributed by atoms with Gasteiger partial charge in [0.2, 0.25) is 0 Å². The highest BCUT2D eigenvalue weighted by atomic mass is 35.5. The van der Waals surface area contributed by atoms with Gasteiger partial charge in [-0.05, 0) is 98.9 Å². The molecule has 4 N–H and O–H groups in total. The minimum atomic E-state index is -4.50. The quantitative estimate of drug-likeness (QED) is 0.0777. The Balaban J connectivity index is 1.02. The van der Waals surface area contributed by atoms with Crippen LogP contribution in [0.2, 0.25) is 20.1 Å². The summed E-state index contributed by atoms with van der Waals surface area (Å²) >= 11 is 27.5. The van der Waals surface area contributed by atoms with Crippen LogP contribution in [0.3, 0.4) is 0 Å². The highest BCUT2D eigenvalue weighted by Gasteiger charge is 2.41. The van der Waals surface area contributed by atoms with Gasteiger partial charge < -0.3 is 10.6 Å². The molecular formula is C37H32Cl4N6O8S4. The van der Waals surface area contributed by atoms with Crippen LogP contribution >= 0.6 is 69.5 Å². The molecule has 0 spiro atoms. The molecule has 2 unspecified atom stereocenters. The summed E-state index contributed by atoms with van der Waals surface area (Å²) in [6.45, 7) is 0.304. The summed E-state index contributed by atoms with van der Waals surface area (Å²) in [6, 6.07) is 11.1. The second-order valence-corrected chi connectivity index (χ2v) is 21.3. The zero-order chi connectivity index (χ0) is 42.0. The number of thioether (sulfide) groups is 1. The summed E-state index contributed by atoms with van der Waals surface area (Å²) in [4.78, 5) is 28.2. The maximum absolute atomic E-state index is 13.8. The van der Waals surface area contributed by atoms with Gasteiger partial charge in [0.1, 0.15) is 8.45 Å². The fourth-order valence-corrected chi connectivity index (χ4v) is 13.0. The molecule has 2 amide bonds. The van der Waals surface area contributed by atoms with Gasteiger partial charge in [0.15, 0.2) is 11.4 Å². The maximum Gasteiger partial charge on any atom is 0.304 e. The number of allylic oxidation sites excluding steroid dienone is 1. The lowest BCUT2D eigenvalue weighted by molar-refractivity contribution is 0.0945. The van der Waals surface area contributed by atoms with E-state index in [0.29, 0.717) is 99.3 Å². The third-order valence-electron chi connectivity index (χ3n) is 10.2. The molecular weight excluding hydrogens is 927 g/mol. The first-order valence-electron chi connectivity index (χ1n) is 18.2. The summed E-state index contributed by atoms with van der Waals surface area (Å²) in [5, 5.41) is 16.0. The van der Waals surface area contributed by atoms with E-state index in [1.54, 1.807) is 41.1 Å². The van der Waals surface area contributed by atoms with Gasteiger partial charge >= 0.3 is 10.1 Å². The second-order valence-electron chi connectivity index (χ2n) is 14.1. The molecule has 0 bridgehead atoms. The first-order valence-corrected chi connectivity index (χ1v) is 24.3. The lowest BCUT2D eigenvalue weighted by Gasteiger charge is -2.19. The van der Waals surface area contributed by atoms with E-state index in [1.165, 1.54) is 16.8 Å². The SMILES string of the molecule is O=C(NCCCNC(=O)c1nn(-c2ccc(Cl)cc2Cl)c2c1CCCC1C=C(S(=O)(=O)O)SC21)c1nn(-c2ccc(Cl)cc2Cl)c2c1CCCc1cc(S(=O)(=O)O)sc1-2. The van der Waals surface area contributed by atoms with Gasteiger partial charge in [0.25, 0.3) is 21.9 Å². The van der Waals surface area contributed by atoms with Crippen molar-refractivity contribution in [1.82, 2.24) is 30.2 Å². The molecule has 22 heteroatoms. The third-order valence-corrected chi connectivity index (χ3v) is 16.6. The normalized spacial score (nSPS) is 17.6. The van der Waals surface area contributed by atoms with Crippen molar-refractivity contribution in [1.29, 1.82) is 0 Å². The number of carbonyl (C=O) groups is 2. The average Bonchev–Trinajstić information content (AvgIpc) is 3.91. The van der Waals surface area contributed by atoms with Crippen LogP contribution in [0.1, 0.15) is 74.3 Å². The molecule has 59 heavy (non-hydrogen) atoms. The van der Waals surface area contributed by atoms with Crippen molar-refractivity contribution in [2.24, 2.45) is 5.92 Å². The van der Waals surface area contributed by atoms with Crippen LogP contribution in [-0.2, 0) is 39.5 Å². The number of carbonyl (C=O) groups excluding carboxylic acids is 2. The Labute approximate surface area is 366 Å². The predicted octanol–water partition coefficient (Wildman–Crippen LogP) is 8.16. The molecule has 0 radical (unpaired) electrons. The van der Waals surface area contributed by atoms with E-state index in [2.05, 4.69) is 15.7 Å². The first-order chi connectivity index (χ1) is 28.0. The monoisotopic (exact) mass is 956 g/mol. The van der Waals surface area contributed by atoms with E-state index in [9.17, 15) is 35.5 Å². The van der Waals surface area contributed by atoms with Gasteiger partial charge in [0, 0.05) is 34.3 Å². The van der Waals surface area contributed by atoms with Crippen molar-refractivity contribution in [2.45, 2.75) is 54.4 Å². The van der Waals surface area contributed by atoms with E-state index in [4.69, 9.17) is 51.5 Å². The molecule has 0 saturated carbocycles. The summed E-state index contributed by atoms with van der Waals surface area (Å²) in [5.74, 6) is -1.21. The van der Waals surface area contributed by atoms with Gasteiger partial charge in [-0.3, -0.25) is 18.7 Å². The van der Waals surface area contributed by atoms with Crippen molar-refractivity contribution in [3.8, 4) is 21.9 Å². The molecule has 2 aliphatic carbocycles. The maximum atomic E-state index is 13.8. The Morgan fingerprint density at radius 2 is 1.37 bits per heavy atom. The summed E-state index contributed by atoms with van der Waals surface area (Å²) < 4.78 is 70.9. The van der Waals surface area contributed by atoms with Crippen LogP contribution in [0.5, 0.6) is 0 Å². The van der Waals surface area contributed by atoms with E-state index < -0.39 is 37.3 Å². The molecule has 310 valence electrons. The van der Waals surface area contributed by atoms with E-state index >= 15 is 0 Å². The number of hydrogen-bond donors (Lipinski definition) is 4. The zero-order valence-corrected chi connectivity index (χ0v) is 36.7. The number of nitrogens with zero attached hydrogens (tertiary/aromatic N) is 4. The first kappa shape index (κ1) is 42.3. The molecule has 3 aliphatic rings. The Morgan fingerprint density at radius 3 is 1.98 bits per heavy atom. The van der Waals surface area contributed by atoms with Crippen LogP contribution in [0.25, 0.3) is 21.9 Å². The molecule has 0 fully saturated rings. The van der Waals surface area contributed by atoms with Crippen LogP contribution in [0.4, 0.5) is 0 Å². The van der Waals surface area contributed by atoms with Crippen LogP contribution in [-0.4, -0.2) is 70.4 Å². The van der Waals surface area contributed by atoms with Crippen molar-refractivity contribution in [3.63, 3.8) is 0 Å². The van der Waals surface area contributed by atoms with Gasteiger partial charge in [-0.25, -0.2) is 9.36 Å². The Morgan fingerprint density at radius 1 is 0.780 bits per heavy atom. The number of halogens is 4. The van der Waals surface area contributed by atoms with Gasteiger partial charge in [0.05, 0.1) is 42.9 Å². The van der Waals surface area contributed by atoms with Gasteiger partial charge in [-0.15, -0.1) is 23.1 Å². The molecule has 3 aromatic heterocycles. The van der Waals surface area contributed by atoms with Crippen LogP contribution < -0.4 is 10.6 Å². The number of thiophene rings is 1.